The lowest BCUT2D eigenvalue weighted by molar-refractivity contribution is -0.137. The number of hydrogen-bond donors (Lipinski definition) is 0. The number of piperazine rings is 1. The Kier molecular flexibility index (Phi) is 3.87. The van der Waals surface area contributed by atoms with Gasteiger partial charge in [0, 0.05) is 50.8 Å². The Balaban J connectivity index is 1.19. The average Bonchev–Trinajstić information content (AvgIpc) is 3.19. The summed E-state index contributed by atoms with van der Waals surface area (Å²) >= 11 is 0. The molecule has 1 amide bonds. The fourth-order valence-corrected chi connectivity index (χ4v) is 6.22. The van der Waals surface area contributed by atoms with Crippen LogP contribution in [-0.2, 0) is 22.5 Å². The van der Waals surface area contributed by atoms with Gasteiger partial charge in [0.05, 0.1) is 31.3 Å². The second kappa shape index (κ2) is 6.31. The Hall–Kier alpha value is -1.40. The van der Waals surface area contributed by atoms with Gasteiger partial charge in [-0.05, 0) is 30.6 Å². The first kappa shape index (κ1) is 16.5. The zero-order valence-electron chi connectivity index (χ0n) is 16.1. The number of hydrogen-bond acceptors (Lipinski definition) is 4. The molecule has 0 N–H and O–H groups in total. The molecule has 1 aromatic rings. The first-order chi connectivity index (χ1) is 13.3. The van der Waals surface area contributed by atoms with Crippen LogP contribution in [0.2, 0.25) is 0 Å². The van der Waals surface area contributed by atoms with E-state index >= 15 is 0 Å². The van der Waals surface area contributed by atoms with Crippen molar-refractivity contribution in [1.29, 1.82) is 0 Å². The molecular formula is C21H30N4O2. The minimum atomic E-state index is 0.244. The zero-order chi connectivity index (χ0) is 18.0. The lowest BCUT2D eigenvalue weighted by Gasteiger charge is -2.43. The molecule has 4 atom stereocenters. The summed E-state index contributed by atoms with van der Waals surface area (Å²) in [6.45, 7) is 6.53. The van der Waals surface area contributed by atoms with E-state index < -0.39 is 0 Å². The van der Waals surface area contributed by atoms with E-state index in [2.05, 4.69) is 20.7 Å². The maximum Gasteiger partial charge on any atom is 0.226 e. The molecule has 0 radical (unpaired) electrons. The summed E-state index contributed by atoms with van der Waals surface area (Å²) < 4.78 is 7.91. The van der Waals surface area contributed by atoms with Gasteiger partial charge in [-0.1, -0.05) is 12.8 Å². The molecule has 27 heavy (non-hydrogen) atoms. The molecule has 5 aliphatic rings. The number of fused-ring (bicyclic) bond motifs is 4. The smallest absolute Gasteiger partial charge is 0.226 e. The van der Waals surface area contributed by atoms with Gasteiger partial charge in [0.25, 0.3) is 0 Å². The largest absolute Gasteiger partial charge is 0.381 e. The molecule has 4 heterocycles. The van der Waals surface area contributed by atoms with Crippen LogP contribution in [0, 0.1) is 23.7 Å². The monoisotopic (exact) mass is 370 g/mol. The fourth-order valence-electron chi connectivity index (χ4n) is 6.22. The Morgan fingerprint density at radius 1 is 1.15 bits per heavy atom. The Morgan fingerprint density at radius 3 is 2.78 bits per heavy atom. The van der Waals surface area contributed by atoms with Gasteiger partial charge in [-0.15, -0.1) is 0 Å². The van der Waals surface area contributed by atoms with E-state index in [0.29, 0.717) is 23.8 Å². The van der Waals surface area contributed by atoms with Crippen molar-refractivity contribution in [2.45, 2.75) is 44.7 Å². The van der Waals surface area contributed by atoms with Crippen molar-refractivity contribution in [3.05, 3.63) is 17.7 Å². The topological polar surface area (TPSA) is 50.6 Å². The Labute approximate surface area is 160 Å². The second-order valence-electron chi connectivity index (χ2n) is 9.36. The number of ether oxygens (including phenoxy) is 1. The van der Waals surface area contributed by atoms with Crippen LogP contribution in [0.15, 0.2) is 6.33 Å². The third-order valence-corrected chi connectivity index (χ3v) is 7.90. The summed E-state index contributed by atoms with van der Waals surface area (Å²) in [7, 11) is 0. The predicted molar refractivity (Wildman–Crippen MR) is 100 cm³/mol. The van der Waals surface area contributed by atoms with Crippen molar-refractivity contribution in [1.82, 2.24) is 19.4 Å². The number of carbonyl (C=O) groups excluding carboxylic acids is 1. The van der Waals surface area contributed by atoms with Crippen LogP contribution in [0.1, 0.15) is 43.1 Å². The van der Waals surface area contributed by atoms with Crippen molar-refractivity contribution >= 4 is 5.91 Å². The van der Waals surface area contributed by atoms with E-state index in [4.69, 9.17) is 9.72 Å². The zero-order valence-corrected chi connectivity index (χ0v) is 16.1. The SMILES string of the molecule is O=C(C1[C@H]2COC[C@@H]12)N1CCN2CCc3c(ncn3CC3CCCC3)C2C1. The van der Waals surface area contributed by atoms with Crippen LogP contribution in [0.3, 0.4) is 0 Å². The van der Waals surface area contributed by atoms with E-state index in [-0.39, 0.29) is 5.92 Å². The normalized spacial score (nSPS) is 35.8. The van der Waals surface area contributed by atoms with E-state index in [1.54, 1.807) is 0 Å². The highest BCUT2D eigenvalue weighted by Crippen LogP contribution is 2.52. The molecule has 0 bridgehead atoms. The Morgan fingerprint density at radius 2 is 1.96 bits per heavy atom. The summed E-state index contributed by atoms with van der Waals surface area (Å²) in [5.74, 6) is 2.46. The summed E-state index contributed by atoms with van der Waals surface area (Å²) in [6.07, 6.45) is 8.72. The van der Waals surface area contributed by atoms with Gasteiger partial charge in [-0.25, -0.2) is 4.98 Å². The Bertz CT molecular complexity index is 731. The van der Waals surface area contributed by atoms with Crippen molar-refractivity contribution in [3.8, 4) is 0 Å². The molecule has 0 spiro atoms. The highest BCUT2D eigenvalue weighted by molar-refractivity contribution is 5.82. The third kappa shape index (κ3) is 2.67. The first-order valence-electron chi connectivity index (χ1n) is 10.9. The van der Waals surface area contributed by atoms with E-state index in [1.807, 2.05) is 0 Å². The summed E-state index contributed by atoms with van der Waals surface area (Å²) in [6, 6.07) is 0.297. The van der Waals surface area contributed by atoms with Gasteiger partial charge in [0.15, 0.2) is 0 Å². The maximum absolute atomic E-state index is 13.0. The van der Waals surface area contributed by atoms with Gasteiger partial charge in [0.1, 0.15) is 0 Å². The van der Waals surface area contributed by atoms with Gasteiger partial charge >= 0.3 is 0 Å². The quantitative estimate of drug-likeness (QED) is 0.813. The molecule has 4 fully saturated rings. The molecule has 6 nitrogen and oxygen atoms in total. The summed E-state index contributed by atoms with van der Waals surface area (Å²) in [5.41, 5.74) is 2.69. The number of imidazole rings is 1. The summed E-state index contributed by atoms with van der Waals surface area (Å²) in [4.78, 5) is 22.6. The molecule has 2 saturated carbocycles. The molecule has 2 aliphatic carbocycles. The molecule has 146 valence electrons. The fraction of sp³-hybridized carbons (Fsp3) is 0.810. The highest BCUT2D eigenvalue weighted by Gasteiger charge is 2.59. The van der Waals surface area contributed by atoms with Gasteiger partial charge in [-0.2, -0.15) is 0 Å². The second-order valence-corrected chi connectivity index (χ2v) is 9.36. The molecule has 2 unspecified atom stereocenters. The van der Waals surface area contributed by atoms with Crippen LogP contribution in [0.5, 0.6) is 0 Å². The summed E-state index contributed by atoms with van der Waals surface area (Å²) in [5, 5.41) is 0. The van der Waals surface area contributed by atoms with Crippen LogP contribution >= 0.6 is 0 Å². The number of amides is 1. The van der Waals surface area contributed by atoms with Crippen molar-refractivity contribution in [2.75, 3.05) is 39.4 Å². The number of aromatic nitrogens is 2. The standard InChI is InChI=1S/C21H30N4O2/c26-21(19-15-11-27-12-16(15)19)24-8-7-23-6-5-17-20(18(23)10-24)22-13-25(17)9-14-3-1-2-4-14/h13-16,18-19H,1-12H2/t15-,16+,18?,19?. The van der Waals surface area contributed by atoms with Crippen molar-refractivity contribution in [3.63, 3.8) is 0 Å². The van der Waals surface area contributed by atoms with Crippen LogP contribution in [-0.4, -0.2) is 64.7 Å². The van der Waals surface area contributed by atoms with E-state index in [1.165, 1.54) is 37.1 Å². The van der Waals surface area contributed by atoms with Crippen molar-refractivity contribution in [2.24, 2.45) is 23.7 Å². The molecular weight excluding hydrogens is 340 g/mol. The van der Waals surface area contributed by atoms with Crippen LogP contribution in [0.25, 0.3) is 0 Å². The van der Waals surface area contributed by atoms with Gasteiger partial charge in [0.2, 0.25) is 5.91 Å². The lowest BCUT2D eigenvalue weighted by Crippen LogP contribution is -2.53. The minimum absolute atomic E-state index is 0.244. The van der Waals surface area contributed by atoms with Gasteiger partial charge < -0.3 is 14.2 Å². The molecule has 6 rings (SSSR count). The number of rotatable bonds is 3. The minimum Gasteiger partial charge on any atom is -0.381 e. The van der Waals surface area contributed by atoms with Crippen LogP contribution in [0.4, 0.5) is 0 Å². The number of carbonyl (C=O) groups is 1. The highest BCUT2D eigenvalue weighted by atomic mass is 16.5. The first-order valence-corrected chi connectivity index (χ1v) is 10.9. The van der Waals surface area contributed by atoms with E-state index in [0.717, 1.165) is 58.3 Å². The third-order valence-electron chi connectivity index (χ3n) is 7.90. The number of nitrogens with zero attached hydrogens (tertiary/aromatic N) is 4. The average molecular weight is 370 g/mol. The molecule has 6 heteroatoms. The maximum atomic E-state index is 13.0. The molecule has 2 saturated heterocycles. The van der Waals surface area contributed by atoms with Gasteiger partial charge in [-0.3, -0.25) is 9.69 Å². The van der Waals surface area contributed by atoms with E-state index in [9.17, 15) is 4.79 Å². The van der Waals surface area contributed by atoms with Crippen LogP contribution < -0.4 is 0 Å². The molecule has 0 aromatic carbocycles. The predicted octanol–water partition coefficient (Wildman–Crippen LogP) is 1.71. The molecule has 3 aliphatic heterocycles. The molecule has 1 aromatic heterocycles. The van der Waals surface area contributed by atoms with Crippen molar-refractivity contribution < 1.29 is 9.53 Å². The lowest BCUT2D eigenvalue weighted by atomic mass is 9.99.